The summed E-state index contributed by atoms with van der Waals surface area (Å²) in [5, 5.41) is 20.6. The molecule has 1 aliphatic heterocycles. The van der Waals surface area contributed by atoms with Gasteiger partial charge in [0.2, 0.25) is 0 Å². The number of hydrogen-bond acceptors (Lipinski definition) is 3. The van der Waals surface area contributed by atoms with Crippen LogP contribution in [0.5, 0.6) is 11.5 Å². The van der Waals surface area contributed by atoms with Gasteiger partial charge in [0.25, 0.3) is 0 Å². The first-order chi connectivity index (χ1) is 9.33. The molecule has 0 saturated heterocycles. The number of phenolic OH excluding ortho intramolecular Hbond substituents is 1. The van der Waals surface area contributed by atoms with E-state index in [1.807, 2.05) is 20.8 Å². The zero-order chi connectivity index (χ0) is 14.7. The third-order valence-corrected chi connectivity index (χ3v) is 4.99. The Morgan fingerprint density at radius 2 is 2.15 bits per heavy atom. The van der Waals surface area contributed by atoms with E-state index in [2.05, 4.69) is 6.58 Å². The number of benzene rings is 1. The van der Waals surface area contributed by atoms with Crippen LogP contribution in [-0.4, -0.2) is 21.9 Å². The van der Waals surface area contributed by atoms with Crippen LogP contribution < -0.4 is 4.74 Å². The molecule has 1 aromatic rings. The SMILES string of the molecule is C=C(C)[C@@H]1CC[C@]2(C)Oc3cc(O)cc(C)c3[C@H]1[C@@H]2O. The Balaban J connectivity index is 2.21. The number of hydrogen-bond donors (Lipinski definition) is 2. The molecule has 1 saturated carbocycles. The van der Waals surface area contributed by atoms with Crippen molar-refractivity contribution >= 4 is 0 Å². The zero-order valence-corrected chi connectivity index (χ0v) is 12.3. The summed E-state index contributed by atoms with van der Waals surface area (Å²) in [5.41, 5.74) is 2.54. The maximum atomic E-state index is 10.8. The molecule has 3 rings (SSSR count). The number of aromatic hydroxyl groups is 1. The molecule has 1 fully saturated rings. The van der Waals surface area contributed by atoms with Gasteiger partial charge in [-0.25, -0.2) is 0 Å². The van der Waals surface area contributed by atoms with Crippen molar-refractivity contribution in [2.24, 2.45) is 5.92 Å². The molecule has 0 radical (unpaired) electrons. The molecular weight excluding hydrogens is 252 g/mol. The first kappa shape index (κ1) is 13.5. The van der Waals surface area contributed by atoms with E-state index in [9.17, 15) is 10.2 Å². The Bertz CT molecular complexity index is 578. The number of ether oxygens (including phenoxy) is 1. The summed E-state index contributed by atoms with van der Waals surface area (Å²) in [4.78, 5) is 0. The fraction of sp³-hybridized carbons (Fsp3) is 0.529. The van der Waals surface area contributed by atoms with Gasteiger partial charge in [-0.1, -0.05) is 12.2 Å². The minimum atomic E-state index is -0.566. The molecule has 0 aromatic heterocycles. The van der Waals surface area contributed by atoms with Gasteiger partial charge < -0.3 is 14.9 Å². The lowest BCUT2D eigenvalue weighted by Gasteiger charge is -2.51. The molecule has 108 valence electrons. The summed E-state index contributed by atoms with van der Waals surface area (Å²) in [7, 11) is 0. The number of aliphatic hydroxyl groups is 1. The van der Waals surface area contributed by atoms with E-state index < -0.39 is 11.7 Å². The quantitative estimate of drug-likeness (QED) is 0.773. The van der Waals surface area contributed by atoms with Crippen molar-refractivity contribution in [3.63, 3.8) is 0 Å². The van der Waals surface area contributed by atoms with Gasteiger partial charge in [0.05, 0.1) is 0 Å². The van der Waals surface area contributed by atoms with Gasteiger partial charge in [-0.2, -0.15) is 0 Å². The molecule has 20 heavy (non-hydrogen) atoms. The Morgan fingerprint density at radius 1 is 1.45 bits per heavy atom. The normalized spacial score (nSPS) is 35.1. The molecule has 1 aliphatic carbocycles. The smallest absolute Gasteiger partial charge is 0.133 e. The molecule has 2 aliphatic rings. The minimum Gasteiger partial charge on any atom is -0.508 e. The van der Waals surface area contributed by atoms with E-state index >= 15 is 0 Å². The molecule has 2 bridgehead atoms. The number of aliphatic hydroxyl groups excluding tert-OH is 1. The topological polar surface area (TPSA) is 49.7 Å². The standard InChI is InChI=1S/C17H22O3/c1-9(2)12-5-6-17(4)16(19)15(12)14-10(3)7-11(18)8-13(14)20-17/h7-8,12,15-16,18-19H,1,5-6H2,2-4H3/t12-,15-,16-,17-/m0/s1. The van der Waals surface area contributed by atoms with Crippen molar-refractivity contribution < 1.29 is 14.9 Å². The molecule has 0 spiro atoms. The second-order valence-electron chi connectivity index (χ2n) is 6.55. The van der Waals surface area contributed by atoms with Crippen molar-refractivity contribution in [2.75, 3.05) is 0 Å². The van der Waals surface area contributed by atoms with Gasteiger partial charge in [-0.05, 0) is 51.2 Å². The maximum Gasteiger partial charge on any atom is 0.133 e. The van der Waals surface area contributed by atoms with Gasteiger partial charge in [0.15, 0.2) is 0 Å². The summed E-state index contributed by atoms with van der Waals surface area (Å²) in [6, 6.07) is 3.40. The van der Waals surface area contributed by atoms with Crippen molar-refractivity contribution in [3.05, 3.63) is 35.4 Å². The lowest BCUT2D eigenvalue weighted by molar-refractivity contribution is -0.106. The summed E-state index contributed by atoms with van der Waals surface area (Å²) in [5.74, 6) is 1.21. The summed E-state index contributed by atoms with van der Waals surface area (Å²) in [6.45, 7) is 10.1. The molecule has 4 atom stereocenters. The number of aryl methyl sites for hydroxylation is 1. The zero-order valence-electron chi connectivity index (χ0n) is 12.3. The number of fused-ring (bicyclic) bond motifs is 4. The van der Waals surface area contributed by atoms with E-state index in [4.69, 9.17) is 4.74 Å². The number of phenols is 1. The van der Waals surface area contributed by atoms with Crippen LogP contribution in [0.1, 0.15) is 43.7 Å². The highest BCUT2D eigenvalue weighted by molar-refractivity contribution is 5.51. The highest BCUT2D eigenvalue weighted by atomic mass is 16.5. The number of allylic oxidation sites excluding steroid dienone is 1. The van der Waals surface area contributed by atoms with Gasteiger partial charge in [-0.15, -0.1) is 0 Å². The van der Waals surface area contributed by atoms with Crippen molar-refractivity contribution in [3.8, 4) is 11.5 Å². The number of rotatable bonds is 1. The van der Waals surface area contributed by atoms with Crippen molar-refractivity contribution in [2.45, 2.75) is 51.2 Å². The molecular formula is C17H22O3. The predicted molar refractivity (Wildman–Crippen MR) is 78.2 cm³/mol. The van der Waals surface area contributed by atoms with Crippen molar-refractivity contribution in [1.29, 1.82) is 0 Å². The minimum absolute atomic E-state index is 0.00981. The summed E-state index contributed by atoms with van der Waals surface area (Å²) < 4.78 is 6.05. The van der Waals surface area contributed by atoms with Gasteiger partial charge in [0.1, 0.15) is 23.2 Å². The molecule has 2 N–H and O–H groups in total. The van der Waals surface area contributed by atoms with Gasteiger partial charge in [-0.3, -0.25) is 0 Å². The van der Waals surface area contributed by atoms with E-state index in [0.717, 1.165) is 29.5 Å². The Morgan fingerprint density at radius 3 is 2.80 bits per heavy atom. The lowest BCUT2D eigenvalue weighted by Crippen LogP contribution is -2.56. The Hall–Kier alpha value is -1.48. The summed E-state index contributed by atoms with van der Waals surface area (Å²) in [6.07, 6.45) is 1.25. The second kappa shape index (κ2) is 4.26. The van der Waals surface area contributed by atoms with Crippen LogP contribution >= 0.6 is 0 Å². The largest absolute Gasteiger partial charge is 0.508 e. The first-order valence-electron chi connectivity index (χ1n) is 7.19. The second-order valence-corrected chi connectivity index (χ2v) is 6.55. The van der Waals surface area contributed by atoms with Crippen LogP contribution in [-0.2, 0) is 0 Å². The third kappa shape index (κ3) is 1.76. The molecule has 0 unspecified atom stereocenters. The highest BCUT2D eigenvalue weighted by Gasteiger charge is 2.52. The van der Waals surface area contributed by atoms with Crippen LogP contribution in [0.15, 0.2) is 24.3 Å². The monoisotopic (exact) mass is 274 g/mol. The van der Waals surface area contributed by atoms with Crippen LogP contribution in [0.2, 0.25) is 0 Å². The van der Waals surface area contributed by atoms with Gasteiger partial charge in [0, 0.05) is 17.5 Å². The molecule has 3 heteroatoms. The van der Waals surface area contributed by atoms with Gasteiger partial charge >= 0.3 is 0 Å². The maximum absolute atomic E-state index is 10.8. The lowest BCUT2D eigenvalue weighted by atomic mass is 9.63. The molecule has 3 nitrogen and oxygen atoms in total. The molecule has 0 amide bonds. The van der Waals surface area contributed by atoms with Crippen LogP contribution in [0.3, 0.4) is 0 Å². The highest BCUT2D eigenvalue weighted by Crippen LogP contribution is 2.54. The average Bonchev–Trinajstić information content (AvgIpc) is 2.31. The van der Waals surface area contributed by atoms with Crippen LogP contribution in [0.25, 0.3) is 0 Å². The van der Waals surface area contributed by atoms with E-state index in [1.165, 1.54) is 0 Å². The fourth-order valence-electron chi connectivity index (χ4n) is 3.90. The van der Waals surface area contributed by atoms with E-state index in [1.54, 1.807) is 12.1 Å². The fourth-order valence-corrected chi connectivity index (χ4v) is 3.90. The Labute approximate surface area is 119 Å². The molecule has 1 heterocycles. The molecule has 1 aromatic carbocycles. The van der Waals surface area contributed by atoms with Crippen molar-refractivity contribution in [1.82, 2.24) is 0 Å². The third-order valence-electron chi connectivity index (χ3n) is 4.99. The Kier molecular flexibility index (Phi) is 2.87. The van der Waals surface area contributed by atoms with E-state index in [0.29, 0.717) is 5.75 Å². The average molecular weight is 274 g/mol. The summed E-state index contributed by atoms with van der Waals surface area (Å²) >= 11 is 0. The first-order valence-corrected chi connectivity index (χ1v) is 7.19. The van der Waals surface area contributed by atoms with Crippen LogP contribution in [0, 0.1) is 12.8 Å². The van der Waals surface area contributed by atoms with E-state index in [-0.39, 0.29) is 17.6 Å². The van der Waals surface area contributed by atoms with Crippen LogP contribution in [0.4, 0.5) is 0 Å². The predicted octanol–water partition coefficient (Wildman–Crippen LogP) is 3.28.